The molecule has 2 aromatic rings. The minimum absolute atomic E-state index is 0.00384. The van der Waals surface area contributed by atoms with E-state index < -0.39 is 6.10 Å². The van der Waals surface area contributed by atoms with Crippen molar-refractivity contribution in [1.29, 1.82) is 0 Å². The summed E-state index contributed by atoms with van der Waals surface area (Å²) in [6, 6.07) is 17.3. The maximum Gasteiger partial charge on any atom is 0.126 e. The average molecular weight is 497 g/mol. The second kappa shape index (κ2) is 12.1. The van der Waals surface area contributed by atoms with Gasteiger partial charge in [0.15, 0.2) is 0 Å². The molecule has 1 aliphatic heterocycles. The molecular formula is C32H50NO3+. The van der Waals surface area contributed by atoms with E-state index in [0.29, 0.717) is 19.8 Å². The van der Waals surface area contributed by atoms with E-state index in [2.05, 4.69) is 97.0 Å². The van der Waals surface area contributed by atoms with E-state index in [0.717, 1.165) is 42.3 Å². The van der Waals surface area contributed by atoms with Gasteiger partial charge in [-0.05, 0) is 46.8 Å². The van der Waals surface area contributed by atoms with Crippen LogP contribution in [0.2, 0.25) is 0 Å². The first-order valence-corrected chi connectivity index (χ1v) is 13.8. The van der Waals surface area contributed by atoms with Crippen LogP contribution in [-0.2, 0) is 22.1 Å². The van der Waals surface area contributed by atoms with Gasteiger partial charge in [-0.1, -0.05) is 90.9 Å². The Hall–Kier alpha value is -1.88. The smallest absolute Gasteiger partial charge is 0.126 e. The molecule has 4 heteroatoms. The number of quaternary nitrogens is 1. The van der Waals surface area contributed by atoms with Crippen LogP contribution in [0.4, 0.5) is 0 Å². The van der Waals surface area contributed by atoms with Gasteiger partial charge in [-0.3, -0.25) is 0 Å². The molecule has 200 valence electrons. The highest BCUT2D eigenvalue weighted by Crippen LogP contribution is 2.35. The summed E-state index contributed by atoms with van der Waals surface area (Å²) >= 11 is 0. The molecule has 36 heavy (non-hydrogen) atoms. The van der Waals surface area contributed by atoms with Crippen molar-refractivity contribution in [1.82, 2.24) is 0 Å². The highest BCUT2D eigenvalue weighted by Gasteiger charge is 2.35. The molecule has 1 atom stereocenters. The van der Waals surface area contributed by atoms with Crippen LogP contribution >= 0.6 is 0 Å². The molecule has 0 unspecified atom stereocenters. The Bertz CT molecular complexity index is 934. The molecule has 0 aliphatic carbocycles. The molecule has 4 nitrogen and oxygen atoms in total. The van der Waals surface area contributed by atoms with Gasteiger partial charge in [0.1, 0.15) is 31.5 Å². The number of hydrogen-bond donors (Lipinski definition) is 1. The lowest BCUT2D eigenvalue weighted by molar-refractivity contribution is -0.948. The third kappa shape index (κ3) is 8.33. The number of piperidine rings is 1. The molecule has 0 radical (unpaired) electrons. The van der Waals surface area contributed by atoms with Crippen molar-refractivity contribution in [3.8, 4) is 5.75 Å². The number of nitrogens with zero attached hydrogens (tertiary/aromatic N) is 1. The van der Waals surface area contributed by atoms with Crippen molar-refractivity contribution in [2.24, 2.45) is 5.92 Å². The van der Waals surface area contributed by atoms with Gasteiger partial charge >= 0.3 is 0 Å². The summed E-state index contributed by atoms with van der Waals surface area (Å²) in [5.74, 6) is 1.70. The van der Waals surface area contributed by atoms with Gasteiger partial charge in [-0.15, -0.1) is 0 Å². The van der Waals surface area contributed by atoms with Crippen LogP contribution in [0.3, 0.4) is 0 Å². The molecule has 1 saturated heterocycles. The van der Waals surface area contributed by atoms with E-state index in [1.165, 1.54) is 29.5 Å². The van der Waals surface area contributed by atoms with Crippen LogP contribution < -0.4 is 4.74 Å². The van der Waals surface area contributed by atoms with Crippen molar-refractivity contribution < 1.29 is 19.1 Å². The Kier molecular flexibility index (Phi) is 9.65. The lowest BCUT2D eigenvalue weighted by Crippen LogP contribution is -2.56. The zero-order valence-electron chi connectivity index (χ0n) is 23.8. The topological polar surface area (TPSA) is 38.7 Å². The normalized spacial score (nSPS) is 21.8. The summed E-state index contributed by atoms with van der Waals surface area (Å²) in [7, 11) is 0. The van der Waals surface area contributed by atoms with E-state index in [9.17, 15) is 5.11 Å². The van der Waals surface area contributed by atoms with Crippen molar-refractivity contribution >= 4 is 0 Å². The third-order valence-corrected chi connectivity index (χ3v) is 7.60. The highest BCUT2D eigenvalue weighted by molar-refractivity contribution is 5.43. The van der Waals surface area contributed by atoms with Crippen molar-refractivity contribution in [2.45, 2.75) is 84.8 Å². The maximum absolute atomic E-state index is 10.9. The van der Waals surface area contributed by atoms with E-state index in [-0.39, 0.29) is 10.8 Å². The van der Waals surface area contributed by atoms with Crippen LogP contribution in [0.15, 0.2) is 48.5 Å². The zero-order chi connectivity index (χ0) is 26.4. The summed E-state index contributed by atoms with van der Waals surface area (Å²) in [5, 5.41) is 10.9. The zero-order valence-corrected chi connectivity index (χ0v) is 23.8. The average Bonchev–Trinajstić information content (AvgIpc) is 2.80. The van der Waals surface area contributed by atoms with Gasteiger partial charge in [0.2, 0.25) is 0 Å². The summed E-state index contributed by atoms with van der Waals surface area (Å²) in [4.78, 5) is 0. The molecular weight excluding hydrogens is 446 g/mol. The summed E-state index contributed by atoms with van der Waals surface area (Å²) < 4.78 is 13.0. The second-order valence-electron chi connectivity index (χ2n) is 13.1. The SMILES string of the molecule is CC1CC[N+](Cc2ccccc2)(C[C@@H](O)COCCOc2ccc(C(C)(C)C)cc2C(C)(C)C)CC1. The number of aliphatic hydroxyl groups is 1. The predicted octanol–water partition coefficient (Wildman–Crippen LogP) is 6.48. The molecule has 2 aromatic carbocycles. The molecule has 1 heterocycles. The van der Waals surface area contributed by atoms with Gasteiger partial charge < -0.3 is 19.1 Å². The number of aliphatic hydroxyl groups excluding tert-OH is 1. The Morgan fingerprint density at radius 2 is 1.58 bits per heavy atom. The molecule has 1 N–H and O–H groups in total. The first kappa shape index (κ1) is 28.7. The predicted molar refractivity (Wildman–Crippen MR) is 150 cm³/mol. The quantitative estimate of drug-likeness (QED) is 0.302. The van der Waals surface area contributed by atoms with Crippen LogP contribution in [-0.4, -0.2) is 55.1 Å². The van der Waals surface area contributed by atoms with E-state index in [4.69, 9.17) is 9.47 Å². The van der Waals surface area contributed by atoms with Gasteiger partial charge in [-0.25, -0.2) is 0 Å². The van der Waals surface area contributed by atoms with Gasteiger partial charge in [0, 0.05) is 5.56 Å². The lowest BCUT2D eigenvalue weighted by Gasteiger charge is -2.44. The van der Waals surface area contributed by atoms with Gasteiger partial charge in [0.05, 0.1) is 26.3 Å². The number of hydrogen-bond acceptors (Lipinski definition) is 3. The van der Waals surface area contributed by atoms with Crippen molar-refractivity contribution in [2.75, 3.05) is 39.5 Å². The molecule has 3 rings (SSSR count). The largest absolute Gasteiger partial charge is 0.491 e. The van der Waals surface area contributed by atoms with Crippen LogP contribution in [0.5, 0.6) is 5.75 Å². The van der Waals surface area contributed by atoms with Gasteiger partial charge in [0.25, 0.3) is 0 Å². The summed E-state index contributed by atoms with van der Waals surface area (Å²) in [5.41, 5.74) is 3.99. The van der Waals surface area contributed by atoms with Crippen LogP contribution in [0.25, 0.3) is 0 Å². The molecule has 0 amide bonds. The number of ether oxygens (including phenoxy) is 2. The Morgan fingerprint density at radius 3 is 2.19 bits per heavy atom. The monoisotopic (exact) mass is 496 g/mol. The molecule has 0 aromatic heterocycles. The van der Waals surface area contributed by atoms with Gasteiger partial charge in [-0.2, -0.15) is 0 Å². The fourth-order valence-corrected chi connectivity index (χ4v) is 5.26. The first-order chi connectivity index (χ1) is 16.9. The standard InChI is InChI=1S/C32H50NO3/c1-25-15-17-33(18-16-25,22-26-11-9-8-10-12-26)23-28(34)24-35-19-20-36-30-14-13-27(31(2,3)4)21-29(30)32(5,6)7/h8-14,21,25,28,34H,15-20,22-24H2,1-7H3/q+1/t25?,28-,33?/m1/s1. The minimum Gasteiger partial charge on any atom is -0.491 e. The number of likely N-dealkylation sites (tertiary alicyclic amines) is 1. The van der Waals surface area contributed by atoms with E-state index in [1.807, 2.05) is 0 Å². The number of benzene rings is 2. The van der Waals surface area contributed by atoms with Crippen LogP contribution in [0.1, 0.15) is 78.0 Å². The molecule has 0 bridgehead atoms. The second-order valence-corrected chi connectivity index (χ2v) is 13.1. The molecule has 1 aliphatic rings. The minimum atomic E-state index is -0.474. The fourth-order valence-electron chi connectivity index (χ4n) is 5.26. The molecule has 0 spiro atoms. The number of rotatable bonds is 10. The van der Waals surface area contributed by atoms with Crippen molar-refractivity contribution in [3.63, 3.8) is 0 Å². The third-order valence-electron chi connectivity index (χ3n) is 7.60. The van der Waals surface area contributed by atoms with Crippen LogP contribution in [0, 0.1) is 5.92 Å². The first-order valence-electron chi connectivity index (χ1n) is 13.8. The van der Waals surface area contributed by atoms with Crippen molar-refractivity contribution in [3.05, 3.63) is 65.2 Å². The maximum atomic E-state index is 10.9. The summed E-state index contributed by atoms with van der Waals surface area (Å²) in [6.45, 7) is 21.0. The Balaban J connectivity index is 1.52. The van der Waals surface area contributed by atoms with E-state index >= 15 is 0 Å². The van der Waals surface area contributed by atoms with E-state index in [1.54, 1.807) is 0 Å². The Labute approximate surface area is 220 Å². The summed E-state index contributed by atoms with van der Waals surface area (Å²) in [6.07, 6.45) is 1.97. The molecule has 0 saturated carbocycles. The fraction of sp³-hybridized carbons (Fsp3) is 0.625. The Morgan fingerprint density at radius 1 is 0.917 bits per heavy atom. The lowest BCUT2D eigenvalue weighted by atomic mass is 9.80. The molecule has 1 fully saturated rings. The highest BCUT2D eigenvalue weighted by atomic mass is 16.5.